The normalized spacial score (nSPS) is 26.4. The largest absolute Gasteiger partial charge is 0.296 e. The molecule has 1 aliphatic carbocycles. The van der Waals surface area contributed by atoms with Crippen LogP contribution >= 0.6 is 0 Å². The lowest BCUT2D eigenvalue weighted by atomic mass is 9.80. The van der Waals surface area contributed by atoms with Crippen molar-refractivity contribution < 1.29 is 0 Å². The molecule has 1 saturated carbocycles. The number of rotatable bonds is 3. The molecule has 1 saturated heterocycles. The summed E-state index contributed by atoms with van der Waals surface area (Å²) >= 11 is 0. The van der Waals surface area contributed by atoms with Crippen molar-refractivity contribution in [1.82, 2.24) is 4.90 Å². The lowest BCUT2D eigenvalue weighted by Crippen LogP contribution is -2.44. The number of nitrogens with zero attached hydrogens (tertiary/aromatic N) is 1. The van der Waals surface area contributed by atoms with Crippen molar-refractivity contribution in [2.75, 3.05) is 6.54 Å². The molecule has 2 fully saturated rings. The van der Waals surface area contributed by atoms with E-state index in [1.54, 1.807) is 0 Å². The predicted octanol–water partition coefficient (Wildman–Crippen LogP) is 4.62. The summed E-state index contributed by atoms with van der Waals surface area (Å²) in [4.78, 5) is 2.79. The van der Waals surface area contributed by atoms with Gasteiger partial charge in [-0.25, -0.2) is 0 Å². The minimum atomic E-state index is 0.870. The molecular formula is C18H27N. The Bertz CT molecular complexity index is 367. The van der Waals surface area contributed by atoms with Crippen LogP contribution in [0.2, 0.25) is 0 Å². The van der Waals surface area contributed by atoms with E-state index in [9.17, 15) is 0 Å². The molecule has 1 aromatic carbocycles. The molecule has 0 unspecified atom stereocenters. The molecule has 0 aromatic heterocycles. The molecule has 2 aliphatic rings. The van der Waals surface area contributed by atoms with Gasteiger partial charge in [0.05, 0.1) is 0 Å². The molecular weight excluding hydrogens is 230 g/mol. The van der Waals surface area contributed by atoms with E-state index in [-0.39, 0.29) is 0 Å². The fraction of sp³-hybridized carbons (Fsp3) is 0.667. The lowest BCUT2D eigenvalue weighted by Gasteiger charge is -2.42. The molecule has 104 valence electrons. The van der Waals surface area contributed by atoms with Gasteiger partial charge in [-0.2, -0.15) is 0 Å². The van der Waals surface area contributed by atoms with Gasteiger partial charge in [0.15, 0.2) is 0 Å². The second kappa shape index (κ2) is 6.56. The third-order valence-electron chi connectivity index (χ3n) is 5.09. The third-order valence-corrected chi connectivity index (χ3v) is 5.09. The summed E-state index contributed by atoms with van der Waals surface area (Å²) in [7, 11) is 0. The molecule has 0 amide bonds. The third kappa shape index (κ3) is 3.39. The smallest absolute Gasteiger partial charge is 0.0236 e. The fourth-order valence-corrected chi connectivity index (χ4v) is 4.08. The molecule has 1 heterocycles. The molecule has 0 bridgehead atoms. The van der Waals surface area contributed by atoms with E-state index in [4.69, 9.17) is 0 Å². The van der Waals surface area contributed by atoms with E-state index < -0.39 is 0 Å². The average Bonchev–Trinajstić information content (AvgIpc) is 2.50. The van der Waals surface area contributed by atoms with Crippen molar-refractivity contribution in [3.63, 3.8) is 0 Å². The van der Waals surface area contributed by atoms with Crippen LogP contribution in [0.5, 0.6) is 0 Å². The van der Waals surface area contributed by atoms with Crippen LogP contribution in [-0.2, 0) is 6.54 Å². The van der Waals surface area contributed by atoms with Crippen molar-refractivity contribution in [3.8, 4) is 0 Å². The molecule has 1 aliphatic heterocycles. The number of piperidine rings is 1. The van der Waals surface area contributed by atoms with Crippen LogP contribution < -0.4 is 0 Å². The van der Waals surface area contributed by atoms with Gasteiger partial charge in [0.2, 0.25) is 0 Å². The molecule has 1 nitrogen and oxygen atoms in total. The van der Waals surface area contributed by atoms with E-state index in [0.717, 1.165) is 12.0 Å². The lowest BCUT2D eigenvalue weighted by molar-refractivity contribution is 0.0747. The standard InChI is InChI=1S/C18H27N/c1-3-9-16(10-4-1)15-19-14-8-7-13-18(19)17-11-5-2-6-12-17/h1,3-4,9-10,17-18H,2,5-8,11-15H2/t18-/m1/s1. The highest BCUT2D eigenvalue weighted by atomic mass is 15.2. The fourth-order valence-electron chi connectivity index (χ4n) is 4.08. The molecule has 0 radical (unpaired) electrons. The summed E-state index contributed by atoms with van der Waals surface area (Å²) in [5.74, 6) is 0.984. The summed E-state index contributed by atoms with van der Waals surface area (Å²) in [6.07, 6.45) is 11.7. The first kappa shape index (κ1) is 13.2. The van der Waals surface area contributed by atoms with Gasteiger partial charge in [-0.15, -0.1) is 0 Å². The van der Waals surface area contributed by atoms with Crippen LogP contribution in [0, 0.1) is 5.92 Å². The van der Waals surface area contributed by atoms with E-state index in [0.29, 0.717) is 0 Å². The molecule has 1 atom stereocenters. The maximum atomic E-state index is 2.79. The van der Waals surface area contributed by atoms with E-state index >= 15 is 0 Å². The minimum Gasteiger partial charge on any atom is -0.296 e. The van der Waals surface area contributed by atoms with Crippen molar-refractivity contribution in [2.24, 2.45) is 5.92 Å². The molecule has 1 heteroatoms. The molecule has 3 rings (SSSR count). The highest BCUT2D eigenvalue weighted by molar-refractivity contribution is 5.14. The Morgan fingerprint density at radius 1 is 0.842 bits per heavy atom. The Morgan fingerprint density at radius 3 is 2.37 bits per heavy atom. The highest BCUT2D eigenvalue weighted by Gasteiger charge is 2.30. The Labute approximate surface area is 118 Å². The molecule has 0 spiro atoms. The predicted molar refractivity (Wildman–Crippen MR) is 81.1 cm³/mol. The minimum absolute atomic E-state index is 0.870. The van der Waals surface area contributed by atoms with Crippen molar-refractivity contribution in [2.45, 2.75) is 64.0 Å². The Morgan fingerprint density at radius 2 is 1.58 bits per heavy atom. The zero-order valence-electron chi connectivity index (χ0n) is 12.1. The van der Waals surface area contributed by atoms with Gasteiger partial charge >= 0.3 is 0 Å². The van der Waals surface area contributed by atoms with Gasteiger partial charge in [0.1, 0.15) is 0 Å². The number of benzene rings is 1. The second-order valence-corrected chi connectivity index (χ2v) is 6.42. The van der Waals surface area contributed by atoms with Gasteiger partial charge in [0.25, 0.3) is 0 Å². The average molecular weight is 257 g/mol. The monoisotopic (exact) mass is 257 g/mol. The maximum Gasteiger partial charge on any atom is 0.0236 e. The topological polar surface area (TPSA) is 3.24 Å². The number of hydrogen-bond donors (Lipinski definition) is 0. The van der Waals surface area contributed by atoms with Gasteiger partial charge < -0.3 is 0 Å². The summed E-state index contributed by atoms with van der Waals surface area (Å²) in [5.41, 5.74) is 1.49. The van der Waals surface area contributed by atoms with Crippen LogP contribution in [0.1, 0.15) is 56.9 Å². The van der Waals surface area contributed by atoms with Gasteiger partial charge in [-0.05, 0) is 43.7 Å². The molecule has 19 heavy (non-hydrogen) atoms. The zero-order valence-corrected chi connectivity index (χ0v) is 12.1. The summed E-state index contributed by atoms with van der Waals surface area (Å²) < 4.78 is 0. The van der Waals surface area contributed by atoms with Crippen LogP contribution in [-0.4, -0.2) is 17.5 Å². The van der Waals surface area contributed by atoms with Gasteiger partial charge in [-0.1, -0.05) is 56.0 Å². The first-order valence-electron chi connectivity index (χ1n) is 8.21. The van der Waals surface area contributed by atoms with E-state index in [1.807, 2.05) is 0 Å². The van der Waals surface area contributed by atoms with Crippen LogP contribution in [0.4, 0.5) is 0 Å². The molecule has 0 N–H and O–H groups in total. The Balaban J connectivity index is 1.66. The first-order chi connectivity index (χ1) is 9.43. The van der Waals surface area contributed by atoms with Gasteiger partial charge in [0, 0.05) is 12.6 Å². The summed E-state index contributed by atoms with van der Waals surface area (Å²) in [5, 5.41) is 0. The maximum absolute atomic E-state index is 2.79. The van der Waals surface area contributed by atoms with Crippen molar-refractivity contribution >= 4 is 0 Å². The number of hydrogen-bond acceptors (Lipinski definition) is 1. The Kier molecular flexibility index (Phi) is 4.55. The molecule has 1 aromatic rings. The second-order valence-electron chi connectivity index (χ2n) is 6.42. The SMILES string of the molecule is c1ccc(CN2CCCC[C@@H]2C2CCCCC2)cc1. The van der Waals surface area contributed by atoms with Crippen LogP contribution in [0.15, 0.2) is 30.3 Å². The zero-order chi connectivity index (χ0) is 12.9. The number of likely N-dealkylation sites (tertiary alicyclic amines) is 1. The van der Waals surface area contributed by atoms with E-state index in [1.165, 1.54) is 70.0 Å². The summed E-state index contributed by atoms with van der Waals surface area (Å²) in [6.45, 7) is 2.48. The quantitative estimate of drug-likeness (QED) is 0.763. The highest BCUT2D eigenvalue weighted by Crippen LogP contribution is 2.34. The van der Waals surface area contributed by atoms with Crippen molar-refractivity contribution in [3.05, 3.63) is 35.9 Å². The summed E-state index contributed by atoms with van der Waals surface area (Å²) in [6, 6.07) is 11.9. The van der Waals surface area contributed by atoms with E-state index in [2.05, 4.69) is 35.2 Å². The van der Waals surface area contributed by atoms with Crippen molar-refractivity contribution in [1.29, 1.82) is 0 Å². The first-order valence-corrected chi connectivity index (χ1v) is 8.21. The van der Waals surface area contributed by atoms with Crippen LogP contribution in [0.25, 0.3) is 0 Å². The van der Waals surface area contributed by atoms with Gasteiger partial charge in [-0.3, -0.25) is 4.90 Å². The van der Waals surface area contributed by atoms with Crippen LogP contribution in [0.3, 0.4) is 0 Å². The Hall–Kier alpha value is -0.820.